The van der Waals surface area contributed by atoms with Crippen molar-refractivity contribution in [3.05, 3.63) is 99.6 Å². The van der Waals surface area contributed by atoms with E-state index >= 15 is 0 Å². The van der Waals surface area contributed by atoms with Crippen LogP contribution in [0.5, 0.6) is 5.75 Å². The van der Waals surface area contributed by atoms with Crippen molar-refractivity contribution in [3.63, 3.8) is 0 Å². The van der Waals surface area contributed by atoms with E-state index in [1.54, 1.807) is 0 Å². The maximum absolute atomic E-state index is 13.5. The number of anilines is 2. The number of thiazole rings is 2. The van der Waals surface area contributed by atoms with Gasteiger partial charge in [-0.15, -0.1) is 11.3 Å². The lowest BCUT2D eigenvalue weighted by Gasteiger charge is -2.42. The number of nitrogens with zero attached hydrogens (tertiary/aromatic N) is 4. The molecule has 2 aromatic heterocycles. The van der Waals surface area contributed by atoms with E-state index in [0.717, 1.165) is 81.6 Å². The molecule has 0 spiro atoms. The quantitative estimate of drug-likeness (QED) is 0.0796. The summed E-state index contributed by atoms with van der Waals surface area (Å²) < 4.78 is 12.2. The van der Waals surface area contributed by atoms with E-state index in [2.05, 4.69) is 38.0 Å². The zero-order valence-corrected chi connectivity index (χ0v) is 32.1. The molecule has 3 aliphatic rings. The minimum Gasteiger partial charge on any atom is -0.494 e. The summed E-state index contributed by atoms with van der Waals surface area (Å²) in [5, 5.41) is 13.4. The van der Waals surface area contributed by atoms with Crippen LogP contribution in [0.4, 0.5) is 10.3 Å². The predicted octanol–water partition coefficient (Wildman–Crippen LogP) is 6.76. The molecule has 3 aromatic carbocycles. The van der Waals surface area contributed by atoms with Crippen molar-refractivity contribution >= 4 is 61.0 Å². The Morgan fingerprint density at radius 1 is 1.00 bits per heavy atom. The molecule has 2 N–H and O–H groups in total. The molecule has 8 rings (SSSR count). The number of carbonyl (C=O) groups excluding carboxylic acids is 2. The number of rotatable bonds is 12. The van der Waals surface area contributed by atoms with Gasteiger partial charge in [0.05, 0.1) is 29.9 Å². The van der Waals surface area contributed by atoms with Gasteiger partial charge in [-0.2, -0.15) is 0 Å². The predicted molar refractivity (Wildman–Crippen MR) is 213 cm³/mol. The van der Waals surface area contributed by atoms with Crippen LogP contribution in [0.2, 0.25) is 0 Å². The largest absolute Gasteiger partial charge is 0.494 e. The van der Waals surface area contributed by atoms with Gasteiger partial charge in [0.15, 0.2) is 16.0 Å². The van der Waals surface area contributed by atoms with E-state index < -0.39 is 11.9 Å². The van der Waals surface area contributed by atoms with Crippen LogP contribution in [-0.2, 0) is 28.9 Å². The molecule has 2 aliphatic heterocycles. The number of ether oxygens (including phenoxy) is 2. The van der Waals surface area contributed by atoms with E-state index in [-0.39, 0.29) is 11.8 Å². The number of hydrogen-bond acceptors (Lipinski definition) is 11. The Hall–Kier alpha value is -5.29. The Morgan fingerprint density at radius 3 is 2.60 bits per heavy atom. The van der Waals surface area contributed by atoms with E-state index in [1.807, 2.05) is 60.7 Å². The van der Waals surface area contributed by atoms with E-state index in [0.29, 0.717) is 60.8 Å². The molecule has 1 amide bonds. The first-order chi connectivity index (χ1) is 26.8. The second-order valence-corrected chi connectivity index (χ2v) is 16.4. The number of para-hydroxylation sites is 1. The molecule has 13 heteroatoms. The summed E-state index contributed by atoms with van der Waals surface area (Å²) >= 11 is 2.93. The zero-order valence-electron chi connectivity index (χ0n) is 30.5. The second kappa shape index (κ2) is 16.2. The van der Waals surface area contributed by atoms with Crippen LogP contribution in [0.15, 0.2) is 66.7 Å². The lowest BCUT2D eigenvalue weighted by atomic mass is 9.74. The minimum atomic E-state index is -0.665. The highest BCUT2D eigenvalue weighted by Crippen LogP contribution is 2.36. The molecule has 0 radical (unpaired) electrons. The molecule has 2 fully saturated rings. The maximum Gasteiger partial charge on any atom is 0.357 e. The van der Waals surface area contributed by atoms with Gasteiger partial charge >= 0.3 is 11.9 Å². The first-order valence-electron chi connectivity index (χ1n) is 18.6. The van der Waals surface area contributed by atoms with Crippen molar-refractivity contribution in [2.75, 3.05) is 50.1 Å². The number of fused-ring (bicyclic) bond motifs is 2. The van der Waals surface area contributed by atoms with Gasteiger partial charge in [-0.25, -0.2) is 14.8 Å². The number of methoxy groups -OCH3 is 1. The van der Waals surface area contributed by atoms with Crippen LogP contribution >= 0.6 is 22.7 Å². The molecule has 1 saturated heterocycles. The molecule has 0 atom stereocenters. The van der Waals surface area contributed by atoms with Gasteiger partial charge in [-0.1, -0.05) is 47.4 Å². The Morgan fingerprint density at radius 2 is 1.82 bits per heavy atom. The van der Waals surface area contributed by atoms with Gasteiger partial charge < -0.3 is 24.4 Å². The lowest BCUT2D eigenvalue weighted by molar-refractivity contribution is -0.146. The van der Waals surface area contributed by atoms with Crippen molar-refractivity contribution < 1.29 is 29.0 Å². The van der Waals surface area contributed by atoms with Gasteiger partial charge in [0, 0.05) is 54.6 Å². The van der Waals surface area contributed by atoms with Crippen LogP contribution in [-0.4, -0.2) is 77.7 Å². The number of carbonyl (C=O) groups is 3. The Kier molecular flexibility index (Phi) is 10.8. The number of carboxylic acid groups (broad SMARTS) is 1. The smallest absolute Gasteiger partial charge is 0.357 e. The molecule has 5 aromatic rings. The SMILES string of the molecule is COC(=O)c1nc(N2CCc3cccc(C(=O)Nc4nc5ccccc5s4)c3C2)sc1CCCOc1ccc(C#CC2CN(CC3CC(C(=O)O)C3)C2)cc1. The molecule has 1 saturated carbocycles. The molecular formula is C42H41N5O6S2. The number of hydrogen-bond donors (Lipinski definition) is 2. The van der Waals surface area contributed by atoms with Gasteiger partial charge in [-0.3, -0.25) is 14.9 Å². The second-order valence-electron chi connectivity index (χ2n) is 14.3. The average Bonchev–Trinajstić information content (AvgIpc) is 3.78. The number of amides is 1. The number of nitrogens with one attached hydrogen (secondary N) is 1. The Labute approximate surface area is 327 Å². The van der Waals surface area contributed by atoms with E-state index in [4.69, 9.17) is 19.6 Å². The number of benzene rings is 3. The van der Waals surface area contributed by atoms with E-state index in [9.17, 15) is 14.4 Å². The Bertz CT molecular complexity index is 2250. The standard InChI is InChI=1S/C42H41N5O6S2/c1-52-40(51)37-36(10-5-19-53-31-15-13-26(14-16-31)11-12-27-22-46(23-27)24-28-20-30(21-28)39(49)50)55-42(44-37)47-18-17-29-6-4-7-32(33(29)25-47)38(48)45-41-43-34-8-2-3-9-35(34)54-41/h2-4,6-9,13-16,27-28,30H,5,10,17-25H2,1H3,(H,49,50)(H,43,45,48). The fraction of sp³-hybridized carbons (Fsp3) is 0.357. The van der Waals surface area contributed by atoms with Crippen LogP contribution in [0.3, 0.4) is 0 Å². The van der Waals surface area contributed by atoms with Crippen molar-refractivity contribution in [1.29, 1.82) is 0 Å². The first kappa shape index (κ1) is 36.7. The third-order valence-electron chi connectivity index (χ3n) is 10.5. The van der Waals surface area contributed by atoms with Gasteiger partial charge in [0.1, 0.15) is 5.75 Å². The number of likely N-dealkylation sites (tertiary alicyclic amines) is 1. The van der Waals surface area contributed by atoms with Gasteiger partial charge in [0.2, 0.25) is 0 Å². The zero-order chi connectivity index (χ0) is 37.9. The molecule has 1 aliphatic carbocycles. The number of carboxylic acids is 1. The average molecular weight is 776 g/mol. The topological polar surface area (TPSA) is 134 Å². The summed E-state index contributed by atoms with van der Waals surface area (Å²) in [6.07, 6.45) is 3.62. The summed E-state index contributed by atoms with van der Waals surface area (Å²) in [5.41, 5.74) is 4.79. The van der Waals surface area contributed by atoms with Crippen LogP contribution in [0, 0.1) is 29.6 Å². The molecule has 11 nitrogen and oxygen atoms in total. The normalized spacial score (nSPS) is 18.0. The highest BCUT2D eigenvalue weighted by molar-refractivity contribution is 7.22. The number of esters is 1. The molecule has 4 heterocycles. The highest BCUT2D eigenvalue weighted by atomic mass is 32.1. The molecule has 0 unspecified atom stereocenters. The van der Waals surface area contributed by atoms with Gasteiger partial charge in [-0.05, 0) is 91.6 Å². The monoisotopic (exact) mass is 775 g/mol. The lowest BCUT2D eigenvalue weighted by Crippen LogP contribution is -2.50. The molecule has 0 bridgehead atoms. The summed E-state index contributed by atoms with van der Waals surface area (Å²) in [7, 11) is 1.37. The van der Waals surface area contributed by atoms with Gasteiger partial charge in [0.25, 0.3) is 5.91 Å². The summed E-state index contributed by atoms with van der Waals surface area (Å²) in [6.45, 7) is 4.54. The van der Waals surface area contributed by atoms with Crippen LogP contribution in [0.1, 0.15) is 61.7 Å². The maximum atomic E-state index is 13.5. The van der Waals surface area contributed by atoms with Crippen molar-refractivity contribution in [2.45, 2.75) is 38.6 Å². The molecule has 282 valence electrons. The number of aryl methyl sites for hydroxylation is 1. The number of aliphatic carboxylic acids is 1. The Balaban J connectivity index is 0.837. The fourth-order valence-corrected chi connectivity index (χ4v) is 9.43. The van der Waals surface area contributed by atoms with Crippen molar-refractivity contribution in [1.82, 2.24) is 14.9 Å². The summed E-state index contributed by atoms with van der Waals surface area (Å²) in [6, 6.07) is 21.4. The molecular weight excluding hydrogens is 735 g/mol. The van der Waals surface area contributed by atoms with Crippen molar-refractivity contribution in [3.8, 4) is 17.6 Å². The van der Waals surface area contributed by atoms with Crippen LogP contribution in [0.25, 0.3) is 10.2 Å². The first-order valence-corrected chi connectivity index (χ1v) is 20.2. The molecule has 55 heavy (non-hydrogen) atoms. The minimum absolute atomic E-state index is 0.152. The third kappa shape index (κ3) is 8.37. The summed E-state index contributed by atoms with van der Waals surface area (Å²) in [5.74, 6) is 6.78. The van der Waals surface area contributed by atoms with Crippen LogP contribution < -0.4 is 15.0 Å². The summed E-state index contributed by atoms with van der Waals surface area (Å²) in [4.78, 5) is 52.0. The highest BCUT2D eigenvalue weighted by Gasteiger charge is 2.37. The third-order valence-corrected chi connectivity index (χ3v) is 12.6. The van der Waals surface area contributed by atoms with E-state index in [1.165, 1.54) is 29.8 Å². The number of aromatic nitrogens is 2. The van der Waals surface area contributed by atoms with Crippen molar-refractivity contribution in [2.24, 2.45) is 17.8 Å². The fourth-order valence-electron chi connectivity index (χ4n) is 7.45.